The Balaban J connectivity index is 3.24. The molecule has 248 valence electrons. The zero-order chi connectivity index (χ0) is 29.7. The van der Waals surface area contributed by atoms with E-state index in [9.17, 15) is 0 Å². The number of rotatable bonds is 37. The van der Waals surface area contributed by atoms with E-state index in [0.717, 1.165) is 12.8 Å². The van der Waals surface area contributed by atoms with Crippen LogP contribution in [0.25, 0.3) is 0 Å². The van der Waals surface area contributed by atoms with Gasteiger partial charge in [0.05, 0.1) is 13.2 Å². The molecule has 0 unspecified atom stereocenters. The maximum Gasteiger partial charge on any atom is 0.362 e. The minimum atomic E-state index is -1.59. The average molecular weight is 603 g/mol. The molecule has 0 atom stereocenters. The molecule has 0 heterocycles. The molecule has 0 rings (SSSR count). The van der Waals surface area contributed by atoms with Gasteiger partial charge < -0.3 is 9.05 Å². The van der Waals surface area contributed by atoms with Crippen molar-refractivity contribution < 1.29 is 19.0 Å². The molecule has 0 bridgehead atoms. The van der Waals surface area contributed by atoms with Gasteiger partial charge in [-0.1, -0.05) is 206 Å². The highest BCUT2D eigenvalue weighted by Gasteiger charge is 2.11. The molecule has 41 heavy (non-hydrogen) atoms. The van der Waals surface area contributed by atoms with Gasteiger partial charge in [0.25, 0.3) is 0 Å². The first-order chi connectivity index (χ1) is 20.3. The maximum absolute atomic E-state index is 9.07. The topological polar surface area (TPSA) is 47.9 Å². The molecule has 4 nitrogen and oxygen atoms in total. The van der Waals surface area contributed by atoms with Gasteiger partial charge in [-0.05, 0) is 12.8 Å². The molecule has 0 aromatic heterocycles. The molecule has 0 saturated carbocycles. The Morgan fingerprint density at radius 1 is 0.317 bits per heavy atom. The largest absolute Gasteiger partial charge is 0.362 e. The molecule has 5 heteroatoms. The summed E-state index contributed by atoms with van der Waals surface area (Å²) in [5.41, 5.74) is 0. The average Bonchev–Trinajstić information content (AvgIpc) is 2.99. The van der Waals surface area contributed by atoms with Crippen molar-refractivity contribution in [2.75, 3.05) is 13.2 Å². The lowest BCUT2D eigenvalue weighted by atomic mass is 10.0. The monoisotopic (exact) mass is 603 g/mol. The van der Waals surface area contributed by atoms with E-state index >= 15 is 0 Å². The third kappa shape index (κ3) is 36.4. The maximum atomic E-state index is 9.07. The minimum Gasteiger partial charge on any atom is -0.311 e. The normalized spacial score (nSPS) is 11.7. The van der Waals surface area contributed by atoms with Gasteiger partial charge in [0, 0.05) is 0 Å². The lowest BCUT2D eigenvalue weighted by molar-refractivity contribution is -0.153. The Morgan fingerprint density at radius 2 is 0.512 bits per heavy atom. The predicted octanol–water partition coefficient (Wildman–Crippen LogP) is 14.3. The molecule has 0 aliphatic rings. The van der Waals surface area contributed by atoms with Gasteiger partial charge >= 0.3 is 8.60 Å². The van der Waals surface area contributed by atoms with Crippen molar-refractivity contribution in [2.45, 2.75) is 219 Å². The molecule has 0 aliphatic heterocycles. The van der Waals surface area contributed by atoms with Gasteiger partial charge in [-0.2, -0.15) is 4.67 Å². The fraction of sp³-hybridized carbons (Fsp3) is 1.00. The van der Waals surface area contributed by atoms with Gasteiger partial charge in [0.2, 0.25) is 0 Å². The van der Waals surface area contributed by atoms with Crippen LogP contribution >= 0.6 is 8.60 Å². The van der Waals surface area contributed by atoms with E-state index < -0.39 is 8.60 Å². The van der Waals surface area contributed by atoms with Crippen LogP contribution in [-0.4, -0.2) is 18.5 Å². The van der Waals surface area contributed by atoms with Crippen molar-refractivity contribution in [1.29, 1.82) is 0 Å². The van der Waals surface area contributed by atoms with Gasteiger partial charge in [0.15, 0.2) is 0 Å². The zero-order valence-corrected chi connectivity index (χ0v) is 29.1. The standard InChI is InChI=1S/C36H75O4P/c1-3-5-7-9-11-13-15-17-19-21-23-25-27-29-31-33-35-38-41(40-37)39-36-34-32-30-28-26-24-22-20-18-16-14-12-10-8-6-4-2/h37H,3-36H2,1-2H3. The van der Waals surface area contributed by atoms with Crippen molar-refractivity contribution in [3.05, 3.63) is 0 Å². The molecule has 0 fully saturated rings. The lowest BCUT2D eigenvalue weighted by Crippen LogP contribution is -1.97. The van der Waals surface area contributed by atoms with Crippen LogP contribution in [0, 0.1) is 0 Å². The Bertz CT molecular complexity index is 413. The molecule has 0 radical (unpaired) electrons. The number of unbranched alkanes of at least 4 members (excludes halogenated alkanes) is 30. The van der Waals surface area contributed by atoms with Crippen LogP contribution in [0.3, 0.4) is 0 Å². The molecule has 0 aromatic rings. The summed E-state index contributed by atoms with van der Waals surface area (Å²) in [6, 6.07) is 0. The molecular formula is C36H75O4P. The zero-order valence-electron chi connectivity index (χ0n) is 28.2. The highest BCUT2D eigenvalue weighted by molar-refractivity contribution is 7.41. The number of hydrogen-bond donors (Lipinski definition) is 1. The van der Waals surface area contributed by atoms with Crippen LogP contribution in [-0.2, 0) is 13.7 Å². The van der Waals surface area contributed by atoms with E-state index in [0.29, 0.717) is 13.2 Å². The highest BCUT2D eigenvalue weighted by Crippen LogP contribution is 2.38. The smallest absolute Gasteiger partial charge is 0.311 e. The van der Waals surface area contributed by atoms with E-state index in [-0.39, 0.29) is 0 Å². The molecular weight excluding hydrogens is 527 g/mol. The summed E-state index contributed by atoms with van der Waals surface area (Å²) < 4.78 is 15.6. The fourth-order valence-electron chi connectivity index (χ4n) is 5.66. The first-order valence-electron chi connectivity index (χ1n) is 18.7. The Morgan fingerprint density at radius 3 is 0.707 bits per heavy atom. The number of hydrogen-bond acceptors (Lipinski definition) is 4. The van der Waals surface area contributed by atoms with Crippen LogP contribution in [0.15, 0.2) is 0 Å². The Kier molecular flexibility index (Phi) is 38.5. The highest BCUT2D eigenvalue weighted by atomic mass is 31.2. The Labute approximate surface area is 259 Å². The van der Waals surface area contributed by atoms with Crippen LogP contribution < -0.4 is 0 Å². The predicted molar refractivity (Wildman–Crippen MR) is 182 cm³/mol. The van der Waals surface area contributed by atoms with Crippen molar-refractivity contribution in [3.8, 4) is 0 Å². The van der Waals surface area contributed by atoms with E-state index in [2.05, 4.69) is 18.5 Å². The van der Waals surface area contributed by atoms with Gasteiger partial charge in [-0.3, -0.25) is 0 Å². The van der Waals surface area contributed by atoms with Crippen molar-refractivity contribution in [1.82, 2.24) is 0 Å². The van der Waals surface area contributed by atoms with Gasteiger partial charge in [0.1, 0.15) is 0 Å². The quantitative estimate of drug-likeness (QED) is 0.0332. The minimum absolute atomic E-state index is 0.615. The first kappa shape index (κ1) is 41.3. The van der Waals surface area contributed by atoms with E-state index in [1.165, 1.54) is 193 Å². The summed E-state index contributed by atoms with van der Waals surface area (Å²) in [6.45, 7) is 5.81. The second kappa shape index (κ2) is 38.3. The van der Waals surface area contributed by atoms with Crippen LogP contribution in [0.2, 0.25) is 0 Å². The van der Waals surface area contributed by atoms with E-state index in [1.54, 1.807) is 0 Å². The van der Waals surface area contributed by atoms with Gasteiger partial charge in [-0.25, -0.2) is 5.26 Å². The lowest BCUT2D eigenvalue weighted by Gasteiger charge is -2.12. The third-order valence-corrected chi connectivity index (χ3v) is 9.38. The molecule has 1 N–H and O–H groups in total. The van der Waals surface area contributed by atoms with Crippen LogP contribution in [0.1, 0.15) is 219 Å². The van der Waals surface area contributed by atoms with E-state index in [4.69, 9.17) is 14.3 Å². The summed E-state index contributed by atoms with van der Waals surface area (Å²) in [6.07, 6.45) is 43.6. The van der Waals surface area contributed by atoms with Crippen molar-refractivity contribution in [3.63, 3.8) is 0 Å². The van der Waals surface area contributed by atoms with Crippen molar-refractivity contribution in [2.24, 2.45) is 0 Å². The summed E-state index contributed by atoms with van der Waals surface area (Å²) in [4.78, 5) is 0. The fourth-order valence-corrected chi connectivity index (χ4v) is 6.39. The molecule has 0 spiro atoms. The molecule has 0 saturated heterocycles. The molecule has 0 amide bonds. The summed E-state index contributed by atoms with van der Waals surface area (Å²) >= 11 is 0. The molecule has 0 aliphatic carbocycles. The van der Waals surface area contributed by atoms with E-state index in [1.807, 2.05) is 0 Å². The first-order valence-corrected chi connectivity index (χ1v) is 19.8. The Hall–Kier alpha value is 0.270. The van der Waals surface area contributed by atoms with Crippen molar-refractivity contribution >= 4 is 8.60 Å². The summed E-state index contributed by atoms with van der Waals surface area (Å²) in [7, 11) is -1.59. The SMILES string of the molecule is CCCCCCCCCCCCCCCCCCOP(OO)OCCCCCCCCCCCCCCCCCC. The van der Waals surface area contributed by atoms with Gasteiger partial charge in [-0.15, -0.1) is 0 Å². The summed E-state index contributed by atoms with van der Waals surface area (Å²) in [5, 5.41) is 9.07. The second-order valence-corrected chi connectivity index (χ2v) is 13.7. The van der Waals surface area contributed by atoms with Crippen LogP contribution in [0.4, 0.5) is 0 Å². The summed E-state index contributed by atoms with van der Waals surface area (Å²) in [5.74, 6) is 0. The molecule has 0 aromatic carbocycles. The van der Waals surface area contributed by atoms with Crippen LogP contribution in [0.5, 0.6) is 0 Å². The second-order valence-electron chi connectivity index (χ2n) is 12.6. The third-order valence-electron chi connectivity index (χ3n) is 8.46.